The normalized spacial score (nSPS) is 11.0. The van der Waals surface area contributed by atoms with Gasteiger partial charge in [0.2, 0.25) is 0 Å². The zero-order chi connectivity index (χ0) is 20.6. The number of nitrogens with two attached hydrogens (primary N) is 1. The monoisotopic (exact) mass is 408 g/mol. The van der Waals surface area contributed by atoms with E-state index in [0.29, 0.717) is 18.8 Å². The van der Waals surface area contributed by atoms with Gasteiger partial charge in [0.1, 0.15) is 11.5 Å². The molecule has 0 atom stereocenters. The molecule has 152 valence electrons. The van der Waals surface area contributed by atoms with E-state index in [9.17, 15) is 5.11 Å². The van der Waals surface area contributed by atoms with Gasteiger partial charge in [-0.25, -0.2) is 0 Å². The summed E-state index contributed by atoms with van der Waals surface area (Å²) in [5.41, 5.74) is 10.2. The SMILES string of the molecule is COc1ccc(CN(Cc2ccc(CN)cc2)Cc2ccccc2SC)c(O)c1. The number of phenols is 1. The van der Waals surface area contributed by atoms with Crippen molar-refractivity contribution in [2.75, 3.05) is 13.4 Å². The zero-order valence-electron chi connectivity index (χ0n) is 17.0. The maximum absolute atomic E-state index is 10.4. The first kappa shape index (κ1) is 21.2. The van der Waals surface area contributed by atoms with Crippen molar-refractivity contribution in [1.82, 2.24) is 4.90 Å². The third-order valence-electron chi connectivity index (χ3n) is 4.94. The Bertz CT molecular complexity index is 928. The lowest BCUT2D eigenvalue weighted by molar-refractivity contribution is 0.242. The van der Waals surface area contributed by atoms with E-state index in [1.807, 2.05) is 12.1 Å². The molecule has 0 unspecified atom stereocenters. The Labute approximate surface area is 177 Å². The summed E-state index contributed by atoms with van der Waals surface area (Å²) in [5.74, 6) is 0.911. The summed E-state index contributed by atoms with van der Waals surface area (Å²) in [5, 5.41) is 10.4. The molecule has 0 bridgehead atoms. The second-order valence-electron chi connectivity index (χ2n) is 6.97. The van der Waals surface area contributed by atoms with Gasteiger partial charge in [-0.05, 0) is 35.1 Å². The molecule has 5 heteroatoms. The van der Waals surface area contributed by atoms with Crippen molar-refractivity contribution in [3.05, 3.63) is 89.0 Å². The molecule has 0 spiro atoms. The lowest BCUT2D eigenvalue weighted by Gasteiger charge is -2.24. The molecule has 0 fully saturated rings. The van der Waals surface area contributed by atoms with Crippen LogP contribution in [0.1, 0.15) is 22.3 Å². The fourth-order valence-corrected chi connectivity index (χ4v) is 3.94. The largest absolute Gasteiger partial charge is 0.507 e. The molecule has 29 heavy (non-hydrogen) atoms. The molecule has 0 radical (unpaired) electrons. The van der Waals surface area contributed by atoms with Gasteiger partial charge in [0.25, 0.3) is 0 Å². The predicted molar refractivity (Wildman–Crippen MR) is 120 cm³/mol. The molecule has 0 heterocycles. The molecule has 0 saturated carbocycles. The van der Waals surface area contributed by atoms with Crippen LogP contribution in [0.5, 0.6) is 11.5 Å². The van der Waals surface area contributed by atoms with E-state index in [-0.39, 0.29) is 5.75 Å². The zero-order valence-corrected chi connectivity index (χ0v) is 17.8. The van der Waals surface area contributed by atoms with Crippen LogP contribution in [-0.4, -0.2) is 23.4 Å². The van der Waals surface area contributed by atoms with E-state index in [1.165, 1.54) is 16.0 Å². The van der Waals surface area contributed by atoms with Crippen LogP contribution in [0.4, 0.5) is 0 Å². The quantitative estimate of drug-likeness (QED) is 0.499. The average Bonchev–Trinajstić information content (AvgIpc) is 2.76. The summed E-state index contributed by atoms with van der Waals surface area (Å²) >= 11 is 1.76. The van der Waals surface area contributed by atoms with Gasteiger partial charge in [0.05, 0.1) is 7.11 Å². The Balaban J connectivity index is 1.85. The summed E-state index contributed by atoms with van der Waals surface area (Å²) < 4.78 is 5.21. The van der Waals surface area contributed by atoms with Crippen molar-refractivity contribution in [3.63, 3.8) is 0 Å². The Morgan fingerprint density at radius 1 is 0.897 bits per heavy atom. The third kappa shape index (κ3) is 5.76. The molecule has 3 N–H and O–H groups in total. The Morgan fingerprint density at radius 3 is 2.24 bits per heavy atom. The highest BCUT2D eigenvalue weighted by molar-refractivity contribution is 7.98. The van der Waals surface area contributed by atoms with Crippen molar-refractivity contribution in [1.29, 1.82) is 0 Å². The Morgan fingerprint density at radius 2 is 1.59 bits per heavy atom. The van der Waals surface area contributed by atoms with Crippen molar-refractivity contribution in [2.24, 2.45) is 5.73 Å². The average molecular weight is 409 g/mol. The predicted octanol–water partition coefficient (Wildman–Crippen LogP) is 4.78. The number of hydrogen-bond acceptors (Lipinski definition) is 5. The van der Waals surface area contributed by atoms with E-state index in [1.54, 1.807) is 24.9 Å². The van der Waals surface area contributed by atoms with Crippen LogP contribution >= 0.6 is 11.8 Å². The van der Waals surface area contributed by atoms with Crippen LogP contribution in [0.2, 0.25) is 0 Å². The van der Waals surface area contributed by atoms with E-state index < -0.39 is 0 Å². The number of rotatable bonds is 9. The van der Waals surface area contributed by atoms with Crippen molar-refractivity contribution < 1.29 is 9.84 Å². The standard InChI is InChI=1S/C24H28N2O2S/c1-28-22-12-11-20(23(27)13-22)16-26(15-19-9-7-18(14-25)8-10-19)17-21-5-3-4-6-24(21)29-2/h3-13,27H,14-17,25H2,1-2H3. The molecule has 0 aromatic heterocycles. The van der Waals surface area contributed by atoms with Gasteiger partial charge in [-0.1, -0.05) is 48.5 Å². The minimum Gasteiger partial charge on any atom is -0.507 e. The molecular formula is C24H28N2O2S. The van der Waals surface area contributed by atoms with Crippen LogP contribution < -0.4 is 10.5 Å². The first-order chi connectivity index (χ1) is 14.1. The van der Waals surface area contributed by atoms with Crippen LogP contribution in [0.3, 0.4) is 0 Å². The summed E-state index contributed by atoms with van der Waals surface area (Å²) in [6, 6.07) is 22.4. The van der Waals surface area contributed by atoms with Crippen LogP contribution in [-0.2, 0) is 26.2 Å². The highest BCUT2D eigenvalue weighted by Gasteiger charge is 2.13. The van der Waals surface area contributed by atoms with Crippen molar-refractivity contribution in [2.45, 2.75) is 31.1 Å². The summed E-state index contributed by atoms with van der Waals surface area (Å²) in [7, 11) is 1.60. The van der Waals surface area contributed by atoms with Crippen LogP contribution in [0, 0.1) is 0 Å². The van der Waals surface area contributed by atoms with Crippen molar-refractivity contribution in [3.8, 4) is 11.5 Å². The lowest BCUT2D eigenvalue weighted by Crippen LogP contribution is -2.23. The number of nitrogens with zero attached hydrogens (tertiary/aromatic N) is 1. The number of methoxy groups -OCH3 is 1. The van der Waals surface area contributed by atoms with Gasteiger partial charge in [-0.3, -0.25) is 4.90 Å². The summed E-state index contributed by atoms with van der Waals surface area (Å²) in [6.07, 6.45) is 2.10. The molecule has 3 aromatic carbocycles. The maximum Gasteiger partial charge on any atom is 0.123 e. The highest BCUT2D eigenvalue weighted by atomic mass is 32.2. The molecule has 3 aromatic rings. The smallest absolute Gasteiger partial charge is 0.123 e. The number of phenolic OH excluding ortho intramolecular Hbond substituents is 1. The van der Waals surface area contributed by atoms with Gasteiger partial charge in [0, 0.05) is 42.7 Å². The maximum atomic E-state index is 10.4. The van der Waals surface area contributed by atoms with E-state index in [0.717, 1.165) is 24.2 Å². The van der Waals surface area contributed by atoms with Gasteiger partial charge < -0.3 is 15.6 Å². The van der Waals surface area contributed by atoms with Gasteiger partial charge >= 0.3 is 0 Å². The molecule has 4 nitrogen and oxygen atoms in total. The van der Waals surface area contributed by atoms with E-state index >= 15 is 0 Å². The first-order valence-corrected chi connectivity index (χ1v) is 10.8. The fraction of sp³-hybridized carbons (Fsp3) is 0.250. The summed E-state index contributed by atoms with van der Waals surface area (Å²) in [4.78, 5) is 3.61. The molecule has 0 aliphatic carbocycles. The number of hydrogen-bond donors (Lipinski definition) is 2. The lowest BCUT2D eigenvalue weighted by atomic mass is 10.1. The molecular weight excluding hydrogens is 380 g/mol. The molecule has 0 saturated heterocycles. The second kappa shape index (κ2) is 10.3. The van der Waals surface area contributed by atoms with Gasteiger partial charge in [-0.2, -0.15) is 0 Å². The van der Waals surface area contributed by atoms with Crippen LogP contribution in [0.25, 0.3) is 0 Å². The number of aromatic hydroxyl groups is 1. The second-order valence-corrected chi connectivity index (χ2v) is 7.82. The van der Waals surface area contributed by atoms with Gasteiger partial charge in [0.15, 0.2) is 0 Å². The minimum atomic E-state index is 0.256. The number of thioether (sulfide) groups is 1. The number of ether oxygens (including phenoxy) is 1. The molecule has 0 amide bonds. The summed E-state index contributed by atoms with van der Waals surface area (Å²) in [6.45, 7) is 2.75. The van der Waals surface area contributed by atoms with E-state index in [2.05, 4.69) is 59.7 Å². The number of benzene rings is 3. The topological polar surface area (TPSA) is 58.7 Å². The fourth-order valence-electron chi connectivity index (χ4n) is 3.33. The van der Waals surface area contributed by atoms with Crippen molar-refractivity contribution >= 4 is 11.8 Å². The highest BCUT2D eigenvalue weighted by Crippen LogP contribution is 2.27. The molecule has 3 rings (SSSR count). The molecule has 0 aliphatic heterocycles. The molecule has 0 aliphatic rings. The Kier molecular flexibility index (Phi) is 7.58. The minimum absolute atomic E-state index is 0.256. The van der Waals surface area contributed by atoms with E-state index in [4.69, 9.17) is 10.5 Å². The van der Waals surface area contributed by atoms with Crippen LogP contribution in [0.15, 0.2) is 71.6 Å². The first-order valence-electron chi connectivity index (χ1n) is 9.61. The van der Waals surface area contributed by atoms with Gasteiger partial charge in [-0.15, -0.1) is 11.8 Å². The Hall–Kier alpha value is -2.47. The third-order valence-corrected chi connectivity index (χ3v) is 5.78.